The summed E-state index contributed by atoms with van der Waals surface area (Å²) in [7, 11) is 0. The molecule has 0 fully saturated rings. The molecule has 0 saturated carbocycles. The molecule has 122 valence electrons. The molecule has 2 heterocycles. The van der Waals surface area contributed by atoms with E-state index in [9.17, 15) is 4.79 Å². The Morgan fingerprint density at radius 3 is 2.65 bits per heavy atom. The third-order valence-corrected chi connectivity index (χ3v) is 3.24. The number of amides is 1. The van der Waals surface area contributed by atoms with Crippen molar-refractivity contribution < 1.29 is 18.8 Å². The first-order valence-corrected chi connectivity index (χ1v) is 7.57. The molecule has 3 rings (SSSR count). The highest BCUT2D eigenvalue weighted by Crippen LogP contribution is 2.34. The van der Waals surface area contributed by atoms with E-state index in [-0.39, 0.29) is 17.9 Å². The van der Waals surface area contributed by atoms with Gasteiger partial charge in [-0.2, -0.15) is 0 Å². The van der Waals surface area contributed by atoms with Gasteiger partial charge in [-0.1, -0.05) is 5.16 Å². The Labute approximate surface area is 134 Å². The van der Waals surface area contributed by atoms with Crippen molar-refractivity contribution in [1.82, 2.24) is 10.5 Å². The van der Waals surface area contributed by atoms with Crippen molar-refractivity contribution in [3.8, 4) is 22.8 Å². The van der Waals surface area contributed by atoms with Crippen molar-refractivity contribution in [3.63, 3.8) is 0 Å². The molecule has 0 spiro atoms. The summed E-state index contributed by atoms with van der Waals surface area (Å²) in [5.74, 6) is 1.93. The Kier molecular flexibility index (Phi) is 3.98. The van der Waals surface area contributed by atoms with Gasteiger partial charge in [0.15, 0.2) is 17.3 Å². The van der Waals surface area contributed by atoms with Gasteiger partial charge < -0.3 is 19.3 Å². The van der Waals surface area contributed by atoms with Crippen LogP contribution in [0.3, 0.4) is 0 Å². The van der Waals surface area contributed by atoms with Crippen LogP contribution in [-0.4, -0.2) is 29.8 Å². The second-order valence-electron chi connectivity index (χ2n) is 6.52. The van der Waals surface area contributed by atoms with Crippen molar-refractivity contribution in [2.24, 2.45) is 0 Å². The lowest BCUT2D eigenvalue weighted by atomic mass is 10.1. The zero-order valence-corrected chi connectivity index (χ0v) is 13.5. The number of benzene rings is 1. The third-order valence-electron chi connectivity index (χ3n) is 3.24. The van der Waals surface area contributed by atoms with Crippen LogP contribution in [0.25, 0.3) is 11.3 Å². The minimum absolute atomic E-state index is 0.0838. The molecule has 23 heavy (non-hydrogen) atoms. The summed E-state index contributed by atoms with van der Waals surface area (Å²) in [5.41, 5.74) is 1.17. The molecule has 1 amide bonds. The van der Waals surface area contributed by atoms with Gasteiger partial charge in [0.1, 0.15) is 13.2 Å². The highest BCUT2D eigenvalue weighted by molar-refractivity contribution is 5.79. The van der Waals surface area contributed by atoms with Crippen LogP contribution in [0.15, 0.2) is 28.8 Å². The fourth-order valence-corrected chi connectivity index (χ4v) is 2.35. The van der Waals surface area contributed by atoms with Crippen LogP contribution in [0.5, 0.6) is 11.5 Å². The topological polar surface area (TPSA) is 73.6 Å². The van der Waals surface area contributed by atoms with E-state index < -0.39 is 0 Å². The number of hydrogen-bond acceptors (Lipinski definition) is 5. The smallest absolute Gasteiger partial charge is 0.226 e. The second kappa shape index (κ2) is 5.95. The number of ether oxygens (including phenoxy) is 2. The normalized spacial score (nSPS) is 13.7. The summed E-state index contributed by atoms with van der Waals surface area (Å²) in [6.07, 6.45) is 0.186. The Balaban J connectivity index is 1.73. The lowest BCUT2D eigenvalue weighted by molar-refractivity contribution is -0.121. The Morgan fingerprint density at radius 2 is 1.91 bits per heavy atom. The average molecular weight is 316 g/mol. The zero-order valence-electron chi connectivity index (χ0n) is 13.5. The monoisotopic (exact) mass is 316 g/mol. The first-order chi connectivity index (χ1) is 10.9. The Hall–Kier alpha value is -2.50. The third kappa shape index (κ3) is 3.83. The summed E-state index contributed by atoms with van der Waals surface area (Å²) in [5, 5.41) is 6.87. The quantitative estimate of drug-likeness (QED) is 0.942. The van der Waals surface area contributed by atoms with Gasteiger partial charge in [-0.3, -0.25) is 4.79 Å². The van der Waals surface area contributed by atoms with Gasteiger partial charge in [0, 0.05) is 17.2 Å². The summed E-state index contributed by atoms with van der Waals surface area (Å²) < 4.78 is 16.4. The number of hydrogen-bond donors (Lipinski definition) is 1. The number of carbonyl (C=O) groups is 1. The fourth-order valence-electron chi connectivity index (χ4n) is 2.35. The van der Waals surface area contributed by atoms with Crippen LogP contribution in [0.1, 0.15) is 26.5 Å². The lowest BCUT2D eigenvalue weighted by Crippen LogP contribution is -2.41. The van der Waals surface area contributed by atoms with Crippen molar-refractivity contribution in [2.45, 2.75) is 32.7 Å². The predicted molar refractivity (Wildman–Crippen MR) is 84.5 cm³/mol. The fraction of sp³-hybridized carbons (Fsp3) is 0.412. The van der Waals surface area contributed by atoms with Crippen molar-refractivity contribution >= 4 is 5.91 Å². The molecule has 1 N–H and O–H groups in total. The predicted octanol–water partition coefficient (Wildman–Crippen LogP) is 2.57. The highest BCUT2D eigenvalue weighted by Gasteiger charge is 2.18. The summed E-state index contributed by atoms with van der Waals surface area (Å²) in [6, 6.07) is 7.35. The minimum atomic E-state index is -0.264. The summed E-state index contributed by atoms with van der Waals surface area (Å²) >= 11 is 0. The maximum atomic E-state index is 11.9. The first kappa shape index (κ1) is 15.4. The van der Waals surface area contributed by atoms with Crippen LogP contribution in [0, 0.1) is 0 Å². The van der Waals surface area contributed by atoms with Crippen molar-refractivity contribution in [2.75, 3.05) is 13.2 Å². The molecule has 0 radical (unpaired) electrons. The van der Waals surface area contributed by atoms with Gasteiger partial charge >= 0.3 is 0 Å². The molecule has 0 saturated heterocycles. The van der Waals surface area contributed by atoms with E-state index in [0.717, 1.165) is 11.3 Å². The molecule has 0 atom stereocenters. The molecule has 1 aromatic heterocycles. The molecular weight excluding hydrogens is 296 g/mol. The molecule has 0 bridgehead atoms. The number of aromatic nitrogens is 1. The number of fused-ring (bicyclic) bond motifs is 1. The SMILES string of the molecule is CC(C)(C)NC(=O)Cc1cc(-c2ccc3c(c2)OCCO3)on1. The maximum absolute atomic E-state index is 11.9. The zero-order chi connectivity index (χ0) is 16.4. The van der Waals surface area contributed by atoms with Crippen LogP contribution < -0.4 is 14.8 Å². The van der Waals surface area contributed by atoms with Gasteiger partial charge in [-0.05, 0) is 39.0 Å². The van der Waals surface area contributed by atoms with E-state index >= 15 is 0 Å². The number of carbonyl (C=O) groups excluding carboxylic acids is 1. The first-order valence-electron chi connectivity index (χ1n) is 7.57. The summed E-state index contributed by atoms with van der Waals surface area (Å²) in [6.45, 7) is 6.91. The highest BCUT2D eigenvalue weighted by atomic mass is 16.6. The van der Waals surface area contributed by atoms with E-state index in [1.54, 1.807) is 6.07 Å². The molecule has 0 aliphatic carbocycles. The van der Waals surface area contributed by atoms with Gasteiger partial charge in [0.05, 0.1) is 12.1 Å². The Morgan fingerprint density at radius 1 is 1.17 bits per heavy atom. The molecule has 1 aromatic carbocycles. The average Bonchev–Trinajstić information content (AvgIpc) is 2.93. The maximum Gasteiger partial charge on any atom is 0.226 e. The van der Waals surface area contributed by atoms with Gasteiger partial charge in [0.25, 0.3) is 0 Å². The molecule has 2 aromatic rings. The molecule has 6 nitrogen and oxygen atoms in total. The lowest BCUT2D eigenvalue weighted by Gasteiger charge is -2.19. The van der Waals surface area contributed by atoms with Crippen LogP contribution in [-0.2, 0) is 11.2 Å². The largest absolute Gasteiger partial charge is 0.486 e. The van der Waals surface area contributed by atoms with Crippen LogP contribution in [0.4, 0.5) is 0 Å². The standard InChI is InChI=1S/C17H20N2O4/c1-17(2,3)18-16(20)10-12-9-14(23-19-12)11-4-5-13-15(8-11)22-7-6-21-13/h4-5,8-9H,6-7,10H2,1-3H3,(H,18,20). The molecule has 1 aliphatic rings. The molecule has 6 heteroatoms. The molecule has 0 unspecified atom stereocenters. The number of rotatable bonds is 3. The van der Waals surface area contributed by atoms with Crippen molar-refractivity contribution in [3.05, 3.63) is 30.0 Å². The van der Waals surface area contributed by atoms with Crippen LogP contribution >= 0.6 is 0 Å². The second-order valence-corrected chi connectivity index (χ2v) is 6.52. The molecule has 1 aliphatic heterocycles. The van der Waals surface area contributed by atoms with E-state index in [1.807, 2.05) is 39.0 Å². The minimum Gasteiger partial charge on any atom is -0.486 e. The summed E-state index contributed by atoms with van der Waals surface area (Å²) in [4.78, 5) is 11.9. The Bertz CT molecular complexity index is 716. The van der Waals surface area contributed by atoms with E-state index in [1.165, 1.54) is 0 Å². The molecular formula is C17H20N2O4. The van der Waals surface area contributed by atoms with Crippen molar-refractivity contribution in [1.29, 1.82) is 0 Å². The number of nitrogens with one attached hydrogen (secondary N) is 1. The van der Waals surface area contributed by atoms with E-state index in [0.29, 0.717) is 30.4 Å². The van der Waals surface area contributed by atoms with Gasteiger partial charge in [-0.15, -0.1) is 0 Å². The number of nitrogens with zero attached hydrogens (tertiary/aromatic N) is 1. The van der Waals surface area contributed by atoms with Gasteiger partial charge in [0.2, 0.25) is 5.91 Å². The van der Waals surface area contributed by atoms with E-state index in [4.69, 9.17) is 14.0 Å². The van der Waals surface area contributed by atoms with Gasteiger partial charge in [-0.25, -0.2) is 0 Å². The van der Waals surface area contributed by atoms with Crippen LogP contribution in [0.2, 0.25) is 0 Å². The van der Waals surface area contributed by atoms with E-state index in [2.05, 4.69) is 10.5 Å².